The van der Waals surface area contributed by atoms with Gasteiger partial charge in [-0.15, -0.1) is 0 Å². The van der Waals surface area contributed by atoms with E-state index in [1.54, 1.807) is 0 Å². The number of carbonyl (C=O) groups excluding carboxylic acids is 1. The largest absolute Gasteiger partial charge is 0.376 e. The number of amides is 1. The molecular weight excluding hydrogens is 282 g/mol. The second kappa shape index (κ2) is 7.72. The molecule has 1 aromatic rings. The maximum atomic E-state index is 12.3. The SMILES string of the molecule is O=C(CC1OCCCO1)N[C@@H](c1ccccc1)[C@@H]1CCCO1. The Morgan fingerprint density at radius 1 is 1.09 bits per heavy atom. The van der Waals surface area contributed by atoms with Crippen molar-refractivity contribution >= 4 is 5.91 Å². The Morgan fingerprint density at radius 3 is 2.50 bits per heavy atom. The summed E-state index contributed by atoms with van der Waals surface area (Å²) in [5, 5.41) is 3.10. The van der Waals surface area contributed by atoms with Crippen molar-refractivity contribution in [1.29, 1.82) is 0 Å². The predicted molar refractivity (Wildman–Crippen MR) is 81.2 cm³/mol. The summed E-state index contributed by atoms with van der Waals surface area (Å²) in [6.45, 7) is 2.08. The average Bonchev–Trinajstić information content (AvgIpc) is 3.08. The molecule has 1 amide bonds. The van der Waals surface area contributed by atoms with Gasteiger partial charge in [0.25, 0.3) is 0 Å². The summed E-state index contributed by atoms with van der Waals surface area (Å²) in [6, 6.07) is 9.88. The molecule has 0 spiro atoms. The molecule has 2 fully saturated rings. The van der Waals surface area contributed by atoms with Crippen LogP contribution in [0.25, 0.3) is 0 Å². The van der Waals surface area contributed by atoms with Crippen LogP contribution in [0, 0.1) is 0 Å². The number of benzene rings is 1. The zero-order chi connectivity index (χ0) is 15.2. The molecule has 5 nitrogen and oxygen atoms in total. The third-order valence-corrected chi connectivity index (χ3v) is 4.06. The van der Waals surface area contributed by atoms with E-state index in [0.717, 1.165) is 31.4 Å². The number of carbonyl (C=O) groups is 1. The first kappa shape index (κ1) is 15.5. The van der Waals surface area contributed by atoms with Crippen LogP contribution in [-0.2, 0) is 19.0 Å². The van der Waals surface area contributed by atoms with E-state index in [1.165, 1.54) is 0 Å². The molecule has 0 aliphatic carbocycles. The molecule has 2 aliphatic heterocycles. The maximum Gasteiger partial charge on any atom is 0.225 e. The molecule has 0 unspecified atom stereocenters. The van der Waals surface area contributed by atoms with Gasteiger partial charge in [-0.3, -0.25) is 4.79 Å². The maximum absolute atomic E-state index is 12.3. The first-order chi connectivity index (χ1) is 10.8. The van der Waals surface area contributed by atoms with Gasteiger partial charge >= 0.3 is 0 Å². The molecule has 1 N–H and O–H groups in total. The van der Waals surface area contributed by atoms with Crippen LogP contribution in [0.15, 0.2) is 30.3 Å². The lowest BCUT2D eigenvalue weighted by Gasteiger charge is -2.27. The van der Waals surface area contributed by atoms with Crippen LogP contribution < -0.4 is 5.32 Å². The first-order valence-corrected chi connectivity index (χ1v) is 8.02. The van der Waals surface area contributed by atoms with Crippen LogP contribution in [-0.4, -0.2) is 38.1 Å². The van der Waals surface area contributed by atoms with Crippen LogP contribution in [0.4, 0.5) is 0 Å². The van der Waals surface area contributed by atoms with Crippen LogP contribution in [0.3, 0.4) is 0 Å². The highest BCUT2D eigenvalue weighted by molar-refractivity contribution is 5.76. The second-order valence-corrected chi connectivity index (χ2v) is 5.74. The molecule has 2 heterocycles. The topological polar surface area (TPSA) is 56.8 Å². The Kier molecular flexibility index (Phi) is 5.43. The van der Waals surface area contributed by atoms with Crippen LogP contribution >= 0.6 is 0 Å². The highest BCUT2D eigenvalue weighted by Gasteiger charge is 2.29. The van der Waals surface area contributed by atoms with Gasteiger partial charge < -0.3 is 19.5 Å². The third kappa shape index (κ3) is 4.06. The minimum atomic E-state index is -0.422. The van der Waals surface area contributed by atoms with E-state index in [-0.39, 0.29) is 24.5 Å². The Morgan fingerprint density at radius 2 is 1.82 bits per heavy atom. The highest BCUT2D eigenvalue weighted by atomic mass is 16.7. The molecule has 0 saturated carbocycles. The molecular formula is C17H23NO4. The van der Waals surface area contributed by atoms with Gasteiger partial charge in [0.05, 0.1) is 31.8 Å². The van der Waals surface area contributed by atoms with Gasteiger partial charge in [-0.1, -0.05) is 30.3 Å². The number of rotatable bonds is 5. The summed E-state index contributed by atoms with van der Waals surface area (Å²) >= 11 is 0. The quantitative estimate of drug-likeness (QED) is 0.906. The Bertz CT molecular complexity index is 467. The van der Waals surface area contributed by atoms with E-state index in [4.69, 9.17) is 14.2 Å². The van der Waals surface area contributed by atoms with Crippen molar-refractivity contribution < 1.29 is 19.0 Å². The predicted octanol–water partition coefficient (Wildman–Crippen LogP) is 2.18. The van der Waals surface area contributed by atoms with Gasteiger partial charge in [-0.05, 0) is 24.8 Å². The van der Waals surface area contributed by atoms with Crippen LogP contribution in [0.5, 0.6) is 0 Å². The zero-order valence-electron chi connectivity index (χ0n) is 12.7. The van der Waals surface area contributed by atoms with E-state index in [0.29, 0.717) is 13.2 Å². The lowest BCUT2D eigenvalue weighted by Crippen LogP contribution is -2.39. The van der Waals surface area contributed by atoms with E-state index in [2.05, 4.69) is 5.32 Å². The van der Waals surface area contributed by atoms with Crippen LogP contribution in [0.2, 0.25) is 0 Å². The average molecular weight is 305 g/mol. The van der Waals surface area contributed by atoms with Crippen molar-refractivity contribution in [2.75, 3.05) is 19.8 Å². The van der Waals surface area contributed by atoms with Crippen LogP contribution in [0.1, 0.15) is 37.3 Å². The molecule has 2 aliphatic rings. The van der Waals surface area contributed by atoms with E-state index >= 15 is 0 Å². The van der Waals surface area contributed by atoms with E-state index in [9.17, 15) is 4.79 Å². The summed E-state index contributed by atoms with van der Waals surface area (Å²) in [7, 11) is 0. The smallest absolute Gasteiger partial charge is 0.225 e. The molecule has 1 aromatic carbocycles. The fourth-order valence-electron chi connectivity index (χ4n) is 2.95. The monoisotopic (exact) mass is 305 g/mol. The van der Waals surface area contributed by atoms with E-state index in [1.807, 2.05) is 30.3 Å². The fourth-order valence-corrected chi connectivity index (χ4v) is 2.95. The van der Waals surface area contributed by atoms with Crippen molar-refractivity contribution in [2.24, 2.45) is 0 Å². The molecule has 0 bridgehead atoms. The Labute approximate surface area is 130 Å². The lowest BCUT2D eigenvalue weighted by atomic mass is 9.99. The van der Waals surface area contributed by atoms with Crippen molar-refractivity contribution in [3.05, 3.63) is 35.9 Å². The second-order valence-electron chi connectivity index (χ2n) is 5.74. The minimum Gasteiger partial charge on any atom is -0.376 e. The molecule has 3 rings (SSSR count). The number of ether oxygens (including phenoxy) is 3. The summed E-state index contributed by atoms with van der Waals surface area (Å²) in [6.07, 6.45) is 2.75. The van der Waals surface area contributed by atoms with Gasteiger partial charge in [-0.2, -0.15) is 0 Å². The number of nitrogens with one attached hydrogen (secondary N) is 1. The summed E-state index contributed by atoms with van der Waals surface area (Å²) in [5.41, 5.74) is 1.08. The van der Waals surface area contributed by atoms with Crippen molar-refractivity contribution in [3.63, 3.8) is 0 Å². The molecule has 120 valence electrons. The van der Waals surface area contributed by atoms with E-state index < -0.39 is 6.29 Å². The highest BCUT2D eigenvalue weighted by Crippen LogP contribution is 2.27. The van der Waals surface area contributed by atoms with Crippen molar-refractivity contribution in [3.8, 4) is 0 Å². The molecule has 22 heavy (non-hydrogen) atoms. The van der Waals surface area contributed by atoms with Gasteiger partial charge in [0, 0.05) is 6.61 Å². The zero-order valence-corrected chi connectivity index (χ0v) is 12.7. The molecule has 0 radical (unpaired) electrons. The minimum absolute atomic E-state index is 0.0412. The van der Waals surface area contributed by atoms with Gasteiger partial charge in [-0.25, -0.2) is 0 Å². The Balaban J connectivity index is 1.63. The summed E-state index contributed by atoms with van der Waals surface area (Å²) < 4.78 is 16.7. The fraction of sp³-hybridized carbons (Fsp3) is 0.588. The molecule has 5 heteroatoms. The molecule has 0 aromatic heterocycles. The Hall–Kier alpha value is -1.43. The van der Waals surface area contributed by atoms with Gasteiger partial charge in [0.15, 0.2) is 6.29 Å². The molecule has 2 atom stereocenters. The van der Waals surface area contributed by atoms with Crippen molar-refractivity contribution in [2.45, 2.75) is 44.1 Å². The standard InChI is InChI=1S/C17H23NO4/c19-15(12-16-21-10-5-11-22-16)18-17(14-8-4-9-20-14)13-6-2-1-3-7-13/h1-3,6-7,14,16-17H,4-5,8-12H2,(H,18,19)/t14-,17-/m0/s1. The summed E-state index contributed by atoms with van der Waals surface area (Å²) in [5.74, 6) is -0.0590. The van der Waals surface area contributed by atoms with Gasteiger partial charge in [0.1, 0.15) is 0 Å². The first-order valence-electron chi connectivity index (χ1n) is 8.02. The normalized spacial score (nSPS) is 24.1. The number of hydrogen-bond donors (Lipinski definition) is 1. The third-order valence-electron chi connectivity index (χ3n) is 4.06. The van der Waals surface area contributed by atoms with Crippen molar-refractivity contribution in [1.82, 2.24) is 5.32 Å². The lowest BCUT2D eigenvalue weighted by molar-refractivity contribution is -0.184. The van der Waals surface area contributed by atoms with Gasteiger partial charge in [0.2, 0.25) is 5.91 Å². The molecule has 2 saturated heterocycles. The summed E-state index contributed by atoms with van der Waals surface area (Å²) in [4.78, 5) is 12.3. The number of hydrogen-bond acceptors (Lipinski definition) is 4.